The van der Waals surface area contributed by atoms with Gasteiger partial charge in [0.2, 0.25) is 0 Å². The van der Waals surface area contributed by atoms with Gasteiger partial charge >= 0.3 is 5.97 Å². The summed E-state index contributed by atoms with van der Waals surface area (Å²) in [5, 5.41) is 12.2. The second-order valence-corrected chi connectivity index (χ2v) is 4.86. The Balaban J connectivity index is 1.97. The molecule has 2 N–H and O–H groups in total. The van der Waals surface area contributed by atoms with E-state index in [9.17, 15) is 4.79 Å². The number of aryl methyl sites for hydroxylation is 2. The van der Waals surface area contributed by atoms with Crippen molar-refractivity contribution in [3.63, 3.8) is 0 Å². The highest BCUT2D eigenvalue weighted by Gasteiger charge is 2.28. The molecule has 0 aromatic heterocycles. The van der Waals surface area contributed by atoms with Gasteiger partial charge in [-0.3, -0.25) is 10.1 Å². The molecule has 2 rings (SSSR count). The summed E-state index contributed by atoms with van der Waals surface area (Å²) in [4.78, 5) is 11.1. The van der Waals surface area contributed by atoms with Crippen molar-refractivity contribution in [1.29, 1.82) is 0 Å². The van der Waals surface area contributed by atoms with Crippen LogP contribution in [0, 0.1) is 13.8 Å². The fraction of sp³-hybridized carbons (Fsp3) is 0.500. The van der Waals surface area contributed by atoms with E-state index in [1.807, 2.05) is 32.0 Å². The van der Waals surface area contributed by atoms with E-state index in [0.717, 1.165) is 29.7 Å². The van der Waals surface area contributed by atoms with Gasteiger partial charge in [-0.15, -0.1) is 0 Å². The predicted molar refractivity (Wildman–Crippen MR) is 69.0 cm³/mol. The van der Waals surface area contributed by atoms with Crippen molar-refractivity contribution in [3.8, 4) is 5.75 Å². The second-order valence-electron chi connectivity index (χ2n) is 4.86. The number of carbonyl (C=O) groups is 1. The van der Waals surface area contributed by atoms with E-state index < -0.39 is 12.0 Å². The molecule has 1 aromatic carbocycles. The number of benzene rings is 1. The maximum absolute atomic E-state index is 11.1. The summed E-state index contributed by atoms with van der Waals surface area (Å²) in [6.07, 6.45) is 2.13. The molecule has 4 heteroatoms. The zero-order valence-electron chi connectivity index (χ0n) is 10.8. The molecule has 0 saturated heterocycles. The zero-order chi connectivity index (χ0) is 13.1. The van der Waals surface area contributed by atoms with Gasteiger partial charge in [0.25, 0.3) is 0 Å². The second kappa shape index (κ2) is 5.40. The normalized spacial score (nSPS) is 16.3. The van der Waals surface area contributed by atoms with Gasteiger partial charge in [0.05, 0.1) is 0 Å². The van der Waals surface area contributed by atoms with E-state index in [2.05, 4.69) is 5.32 Å². The van der Waals surface area contributed by atoms with Gasteiger partial charge in [-0.1, -0.05) is 18.2 Å². The number of para-hydroxylation sites is 1. The summed E-state index contributed by atoms with van der Waals surface area (Å²) >= 11 is 0. The number of rotatable bonds is 6. The number of carboxylic acid groups (broad SMARTS) is 1. The minimum atomic E-state index is -0.854. The molecule has 1 unspecified atom stereocenters. The fourth-order valence-electron chi connectivity index (χ4n) is 1.92. The minimum Gasteiger partial charge on any atom is -0.491 e. The van der Waals surface area contributed by atoms with E-state index in [0.29, 0.717) is 6.04 Å². The Labute approximate surface area is 107 Å². The van der Waals surface area contributed by atoms with Crippen LogP contribution in [0.15, 0.2) is 18.2 Å². The molecular formula is C14H19NO3. The maximum Gasteiger partial charge on any atom is 0.324 e. The van der Waals surface area contributed by atoms with Gasteiger partial charge < -0.3 is 9.84 Å². The Hall–Kier alpha value is -1.55. The molecule has 18 heavy (non-hydrogen) atoms. The SMILES string of the molecule is Cc1cccc(C)c1OCC(NC1CC1)C(=O)O. The molecule has 1 saturated carbocycles. The van der Waals surface area contributed by atoms with E-state index >= 15 is 0 Å². The van der Waals surface area contributed by atoms with Crippen molar-refractivity contribution in [2.75, 3.05) is 6.61 Å². The molecule has 0 spiro atoms. The number of aliphatic carboxylic acids is 1. The summed E-state index contributed by atoms with van der Waals surface area (Å²) in [6, 6.07) is 5.62. The van der Waals surface area contributed by atoms with E-state index in [1.54, 1.807) is 0 Å². The number of carboxylic acids is 1. The van der Waals surface area contributed by atoms with Gasteiger partial charge in [0.1, 0.15) is 18.4 Å². The maximum atomic E-state index is 11.1. The smallest absolute Gasteiger partial charge is 0.324 e. The van der Waals surface area contributed by atoms with Crippen molar-refractivity contribution in [2.24, 2.45) is 0 Å². The summed E-state index contributed by atoms with van der Waals surface area (Å²) in [6.45, 7) is 4.09. The van der Waals surface area contributed by atoms with Crippen LogP contribution in [0.5, 0.6) is 5.75 Å². The Morgan fingerprint density at radius 1 is 1.44 bits per heavy atom. The summed E-state index contributed by atoms with van der Waals surface area (Å²) in [7, 11) is 0. The third kappa shape index (κ3) is 3.23. The van der Waals surface area contributed by atoms with E-state index in [1.165, 1.54) is 0 Å². The first kappa shape index (κ1) is 12.9. The molecule has 98 valence electrons. The first-order valence-electron chi connectivity index (χ1n) is 6.26. The number of ether oxygens (including phenoxy) is 1. The lowest BCUT2D eigenvalue weighted by Gasteiger charge is -2.17. The Bertz CT molecular complexity index is 420. The average Bonchev–Trinajstić information content (AvgIpc) is 3.10. The molecule has 4 nitrogen and oxygen atoms in total. The Kier molecular flexibility index (Phi) is 3.87. The lowest BCUT2D eigenvalue weighted by Crippen LogP contribution is -2.42. The van der Waals surface area contributed by atoms with Crippen LogP contribution in [0.4, 0.5) is 0 Å². The summed E-state index contributed by atoms with van der Waals surface area (Å²) in [5.74, 6) is -0.0607. The molecule has 0 amide bonds. The van der Waals surface area contributed by atoms with Crippen LogP contribution < -0.4 is 10.1 Å². The van der Waals surface area contributed by atoms with Gasteiger partial charge in [0.15, 0.2) is 0 Å². The van der Waals surface area contributed by atoms with Crippen molar-refractivity contribution >= 4 is 5.97 Å². The molecule has 1 aromatic rings. The van der Waals surface area contributed by atoms with Crippen LogP contribution in [0.3, 0.4) is 0 Å². The van der Waals surface area contributed by atoms with Crippen molar-refractivity contribution in [2.45, 2.75) is 38.8 Å². The van der Waals surface area contributed by atoms with Gasteiger partial charge in [-0.25, -0.2) is 0 Å². The van der Waals surface area contributed by atoms with Crippen LogP contribution in [0.2, 0.25) is 0 Å². The molecule has 1 aliphatic carbocycles. The number of hydrogen-bond acceptors (Lipinski definition) is 3. The van der Waals surface area contributed by atoms with Crippen molar-refractivity contribution in [3.05, 3.63) is 29.3 Å². The zero-order valence-corrected chi connectivity index (χ0v) is 10.8. The van der Waals surface area contributed by atoms with E-state index in [-0.39, 0.29) is 6.61 Å². The first-order chi connectivity index (χ1) is 8.58. The Morgan fingerprint density at radius 2 is 2.06 bits per heavy atom. The van der Waals surface area contributed by atoms with E-state index in [4.69, 9.17) is 9.84 Å². The highest BCUT2D eigenvalue weighted by molar-refractivity contribution is 5.73. The quantitative estimate of drug-likeness (QED) is 0.808. The Morgan fingerprint density at radius 3 is 2.56 bits per heavy atom. The van der Waals surface area contributed by atoms with Crippen LogP contribution in [-0.2, 0) is 4.79 Å². The number of hydrogen-bond donors (Lipinski definition) is 2. The van der Waals surface area contributed by atoms with Gasteiger partial charge in [-0.05, 0) is 37.8 Å². The lowest BCUT2D eigenvalue weighted by molar-refractivity contribution is -0.140. The predicted octanol–water partition coefficient (Wildman–Crippen LogP) is 1.89. The molecule has 1 fully saturated rings. The van der Waals surface area contributed by atoms with Crippen LogP contribution in [0.1, 0.15) is 24.0 Å². The summed E-state index contributed by atoms with van der Waals surface area (Å²) < 4.78 is 5.68. The number of nitrogens with one attached hydrogen (secondary N) is 1. The molecule has 0 bridgehead atoms. The molecule has 0 aliphatic heterocycles. The highest BCUT2D eigenvalue weighted by atomic mass is 16.5. The third-order valence-corrected chi connectivity index (χ3v) is 3.12. The van der Waals surface area contributed by atoms with Crippen LogP contribution in [0.25, 0.3) is 0 Å². The molecule has 1 atom stereocenters. The fourth-order valence-corrected chi connectivity index (χ4v) is 1.92. The minimum absolute atomic E-state index is 0.164. The average molecular weight is 249 g/mol. The monoisotopic (exact) mass is 249 g/mol. The summed E-state index contributed by atoms with van der Waals surface area (Å²) in [5.41, 5.74) is 2.07. The molecule has 0 radical (unpaired) electrons. The van der Waals surface area contributed by atoms with Crippen molar-refractivity contribution < 1.29 is 14.6 Å². The topological polar surface area (TPSA) is 58.6 Å². The standard InChI is InChI=1S/C14H19NO3/c1-9-4-3-5-10(2)13(9)18-8-12(14(16)17)15-11-6-7-11/h3-5,11-12,15H,6-8H2,1-2H3,(H,16,17). The lowest BCUT2D eigenvalue weighted by atomic mass is 10.1. The molecular weight excluding hydrogens is 230 g/mol. The highest BCUT2D eigenvalue weighted by Crippen LogP contribution is 2.23. The third-order valence-electron chi connectivity index (χ3n) is 3.12. The molecule has 1 aliphatic rings. The largest absolute Gasteiger partial charge is 0.491 e. The van der Waals surface area contributed by atoms with Crippen LogP contribution >= 0.6 is 0 Å². The first-order valence-corrected chi connectivity index (χ1v) is 6.26. The van der Waals surface area contributed by atoms with Crippen molar-refractivity contribution in [1.82, 2.24) is 5.32 Å². The molecule has 0 heterocycles. The van der Waals surface area contributed by atoms with Crippen LogP contribution in [-0.4, -0.2) is 29.8 Å². The van der Waals surface area contributed by atoms with Gasteiger partial charge in [0, 0.05) is 6.04 Å². The van der Waals surface area contributed by atoms with Gasteiger partial charge in [-0.2, -0.15) is 0 Å².